The van der Waals surface area contributed by atoms with Crippen molar-refractivity contribution in [2.24, 2.45) is 0 Å². The fourth-order valence-electron chi connectivity index (χ4n) is 2.40. The quantitative estimate of drug-likeness (QED) is 0.702. The summed E-state index contributed by atoms with van der Waals surface area (Å²) in [7, 11) is -5.34. The second-order valence-electron chi connectivity index (χ2n) is 6.81. The maximum atomic E-state index is 12.6. The van der Waals surface area contributed by atoms with E-state index >= 15 is 0 Å². The minimum atomic E-state index is -3.70. The molecule has 0 aromatic heterocycles. The Hall–Kier alpha value is -1.62. The van der Waals surface area contributed by atoms with Crippen LogP contribution in [0.3, 0.4) is 0 Å². The smallest absolute Gasteiger partial charge is 0.444 e. The van der Waals surface area contributed by atoms with Crippen LogP contribution in [0.4, 0.5) is 4.79 Å². The average Bonchev–Trinajstić information content (AvgIpc) is 2.53. The zero-order chi connectivity index (χ0) is 18.8. The highest BCUT2D eigenvalue weighted by molar-refractivity contribution is 7.89. The monoisotopic (exact) mass is 370 g/mol. The lowest BCUT2D eigenvalue weighted by Gasteiger charge is -2.35. The molecule has 138 valence electrons. The molecule has 0 bridgehead atoms. The summed E-state index contributed by atoms with van der Waals surface area (Å²) in [5.74, 6) is 0. The second kappa shape index (κ2) is 7.32. The predicted octanol–water partition coefficient (Wildman–Crippen LogP) is -0.392. The fourth-order valence-corrected chi connectivity index (χ4v) is 3.82. The van der Waals surface area contributed by atoms with E-state index in [1.165, 1.54) is 33.5 Å². The van der Waals surface area contributed by atoms with E-state index < -0.39 is 28.8 Å². The molecule has 0 spiro atoms. The van der Waals surface area contributed by atoms with Crippen molar-refractivity contribution in [3.05, 3.63) is 24.3 Å². The molecule has 10 heteroatoms. The van der Waals surface area contributed by atoms with Gasteiger partial charge in [0.15, 0.2) is 0 Å². The molecule has 1 aliphatic heterocycles. The van der Waals surface area contributed by atoms with Crippen molar-refractivity contribution in [1.82, 2.24) is 9.21 Å². The summed E-state index contributed by atoms with van der Waals surface area (Å²) in [4.78, 5) is 13.6. The Balaban J connectivity index is 2.02. The molecule has 0 aliphatic carbocycles. The van der Waals surface area contributed by atoms with Crippen molar-refractivity contribution in [2.45, 2.75) is 31.3 Å². The second-order valence-corrected chi connectivity index (χ2v) is 8.75. The van der Waals surface area contributed by atoms with Crippen LogP contribution in [0.25, 0.3) is 0 Å². The number of rotatable bonds is 3. The Labute approximate surface area is 148 Å². The van der Waals surface area contributed by atoms with Gasteiger partial charge in [0.25, 0.3) is 0 Å². The third-order valence-electron chi connectivity index (χ3n) is 3.71. The van der Waals surface area contributed by atoms with Gasteiger partial charge in [-0.3, -0.25) is 0 Å². The van der Waals surface area contributed by atoms with Crippen molar-refractivity contribution in [3.63, 3.8) is 0 Å². The van der Waals surface area contributed by atoms with Crippen molar-refractivity contribution in [3.8, 4) is 0 Å². The number of carbonyl (C=O) groups excluding carboxylic acids is 1. The Morgan fingerprint density at radius 3 is 2.04 bits per heavy atom. The van der Waals surface area contributed by atoms with E-state index in [1.54, 1.807) is 20.8 Å². The number of ether oxygens (including phenoxy) is 1. The first kappa shape index (κ1) is 19.7. The summed E-state index contributed by atoms with van der Waals surface area (Å²) in [5.41, 5.74) is -0.382. The summed E-state index contributed by atoms with van der Waals surface area (Å²) in [6.45, 7) is 6.18. The van der Waals surface area contributed by atoms with Gasteiger partial charge < -0.3 is 19.7 Å². The van der Waals surface area contributed by atoms with Gasteiger partial charge >= 0.3 is 13.2 Å². The Morgan fingerprint density at radius 2 is 1.60 bits per heavy atom. The van der Waals surface area contributed by atoms with Gasteiger partial charge in [-0.15, -0.1) is 0 Å². The maximum Gasteiger partial charge on any atom is 0.488 e. The minimum absolute atomic E-state index is 0.0719. The SMILES string of the molecule is CC(C)(C)OC(=O)N1CCN(S(=O)(=O)c2ccc(B(O)O)cc2)CC1. The third-order valence-corrected chi connectivity index (χ3v) is 5.62. The zero-order valence-corrected chi connectivity index (χ0v) is 15.4. The highest BCUT2D eigenvalue weighted by Gasteiger charge is 2.32. The Kier molecular flexibility index (Phi) is 5.77. The van der Waals surface area contributed by atoms with E-state index in [9.17, 15) is 13.2 Å². The van der Waals surface area contributed by atoms with E-state index in [4.69, 9.17) is 14.8 Å². The molecule has 1 amide bonds. The van der Waals surface area contributed by atoms with Crippen molar-refractivity contribution in [1.29, 1.82) is 0 Å². The van der Waals surface area contributed by atoms with Crippen LogP contribution in [0.1, 0.15) is 20.8 Å². The molecule has 25 heavy (non-hydrogen) atoms. The standard InChI is InChI=1S/C15H23BN2O6S/c1-15(2,3)24-14(19)17-8-10-18(11-9-17)25(22,23)13-6-4-12(5-7-13)16(20)21/h4-7,20-21H,8-11H2,1-3H3. The molecule has 0 saturated carbocycles. The largest absolute Gasteiger partial charge is 0.488 e. The number of nitrogens with zero attached hydrogens (tertiary/aromatic N) is 2. The van der Waals surface area contributed by atoms with E-state index in [0.717, 1.165) is 0 Å². The van der Waals surface area contributed by atoms with Gasteiger partial charge in [0.05, 0.1) is 4.90 Å². The first-order valence-corrected chi connectivity index (χ1v) is 9.39. The molecule has 1 saturated heterocycles. The van der Waals surface area contributed by atoms with Crippen LogP contribution in [0.15, 0.2) is 29.2 Å². The molecule has 2 N–H and O–H groups in total. The number of carbonyl (C=O) groups is 1. The zero-order valence-electron chi connectivity index (χ0n) is 14.5. The van der Waals surface area contributed by atoms with Crippen molar-refractivity contribution >= 4 is 28.7 Å². The fraction of sp³-hybridized carbons (Fsp3) is 0.533. The number of sulfonamides is 1. The highest BCUT2D eigenvalue weighted by atomic mass is 32.2. The third kappa shape index (κ3) is 4.94. The number of amides is 1. The highest BCUT2D eigenvalue weighted by Crippen LogP contribution is 2.18. The van der Waals surface area contributed by atoms with Crippen LogP contribution in [0.2, 0.25) is 0 Å². The number of hydrogen-bond donors (Lipinski definition) is 2. The van der Waals surface area contributed by atoms with Gasteiger partial charge in [-0.2, -0.15) is 4.31 Å². The molecule has 2 rings (SSSR count). The molecule has 1 aliphatic rings. The Morgan fingerprint density at radius 1 is 1.08 bits per heavy atom. The molecule has 1 aromatic rings. The van der Waals surface area contributed by atoms with Gasteiger partial charge in [0, 0.05) is 26.2 Å². The lowest BCUT2D eigenvalue weighted by atomic mass is 9.81. The lowest BCUT2D eigenvalue weighted by Crippen LogP contribution is -2.51. The molecular weight excluding hydrogens is 347 g/mol. The van der Waals surface area contributed by atoms with E-state index in [2.05, 4.69) is 0 Å². The molecule has 8 nitrogen and oxygen atoms in total. The van der Waals surface area contributed by atoms with Crippen molar-refractivity contribution < 1.29 is 28.0 Å². The summed E-state index contributed by atoms with van der Waals surface area (Å²) in [5, 5.41) is 18.1. The van der Waals surface area contributed by atoms with Gasteiger partial charge in [0.1, 0.15) is 5.60 Å². The molecule has 0 radical (unpaired) electrons. The van der Waals surface area contributed by atoms with Crippen LogP contribution < -0.4 is 5.46 Å². The topological polar surface area (TPSA) is 107 Å². The van der Waals surface area contributed by atoms with Crippen LogP contribution >= 0.6 is 0 Å². The molecular formula is C15H23BN2O6S. The average molecular weight is 370 g/mol. The van der Waals surface area contributed by atoms with E-state index in [1.807, 2.05) is 0 Å². The van der Waals surface area contributed by atoms with Gasteiger partial charge in [-0.25, -0.2) is 13.2 Å². The predicted molar refractivity (Wildman–Crippen MR) is 92.8 cm³/mol. The van der Waals surface area contributed by atoms with Crippen LogP contribution in [-0.2, 0) is 14.8 Å². The molecule has 0 atom stereocenters. The summed E-state index contributed by atoms with van der Waals surface area (Å²) in [6.07, 6.45) is -0.453. The molecule has 0 unspecified atom stereocenters. The number of piperazine rings is 1. The van der Waals surface area contributed by atoms with Gasteiger partial charge in [-0.1, -0.05) is 12.1 Å². The molecule has 1 aromatic carbocycles. The normalized spacial score (nSPS) is 16.6. The minimum Gasteiger partial charge on any atom is -0.444 e. The number of benzene rings is 1. The van der Waals surface area contributed by atoms with E-state index in [0.29, 0.717) is 0 Å². The van der Waals surface area contributed by atoms with E-state index in [-0.39, 0.29) is 36.5 Å². The molecule has 1 fully saturated rings. The first-order valence-electron chi connectivity index (χ1n) is 7.95. The summed E-state index contributed by atoms with van der Waals surface area (Å²) in [6, 6.07) is 5.39. The maximum absolute atomic E-state index is 12.6. The van der Waals surface area contributed by atoms with Crippen LogP contribution in [0.5, 0.6) is 0 Å². The molecule has 1 heterocycles. The first-order chi connectivity index (χ1) is 11.5. The van der Waals surface area contributed by atoms with Crippen molar-refractivity contribution in [2.75, 3.05) is 26.2 Å². The lowest BCUT2D eigenvalue weighted by molar-refractivity contribution is 0.0192. The van der Waals surface area contributed by atoms with Crippen LogP contribution in [-0.4, -0.2) is 72.7 Å². The Bertz CT molecular complexity index is 707. The number of hydrogen-bond acceptors (Lipinski definition) is 6. The summed E-state index contributed by atoms with van der Waals surface area (Å²) < 4.78 is 31.9. The summed E-state index contributed by atoms with van der Waals surface area (Å²) >= 11 is 0. The van der Waals surface area contributed by atoms with Crippen LogP contribution in [0, 0.1) is 0 Å². The van der Waals surface area contributed by atoms with Gasteiger partial charge in [-0.05, 0) is 38.4 Å². The van der Waals surface area contributed by atoms with Gasteiger partial charge in [0.2, 0.25) is 10.0 Å².